The summed E-state index contributed by atoms with van der Waals surface area (Å²) in [5.41, 5.74) is -0.979. The van der Waals surface area contributed by atoms with Gasteiger partial charge < -0.3 is 20.4 Å². The maximum absolute atomic E-state index is 12.2. The number of nitrogens with zero attached hydrogens (tertiary/aromatic N) is 1. The number of nitrogens with one attached hydrogen (secondary N) is 1. The number of carbonyl (C=O) groups is 2. The monoisotopic (exact) mass is 270 g/mol. The van der Waals surface area contributed by atoms with Gasteiger partial charge in [-0.1, -0.05) is 6.92 Å². The number of hydrogen-bond acceptors (Lipinski definition) is 4. The second kappa shape index (κ2) is 5.46. The van der Waals surface area contributed by atoms with E-state index in [2.05, 4.69) is 5.32 Å². The Morgan fingerprint density at radius 2 is 2.05 bits per heavy atom. The summed E-state index contributed by atoms with van der Waals surface area (Å²) in [6.07, 6.45) is 2.75. The number of aliphatic hydroxyl groups is 2. The zero-order valence-corrected chi connectivity index (χ0v) is 11.3. The number of amides is 2. The highest BCUT2D eigenvalue weighted by Gasteiger charge is 2.43. The van der Waals surface area contributed by atoms with Gasteiger partial charge in [0.25, 0.3) is 0 Å². The summed E-state index contributed by atoms with van der Waals surface area (Å²) in [7, 11) is 0. The van der Waals surface area contributed by atoms with Crippen molar-refractivity contribution in [3.05, 3.63) is 0 Å². The first-order chi connectivity index (χ1) is 9.05. The maximum atomic E-state index is 12.2. The van der Waals surface area contributed by atoms with Gasteiger partial charge in [0.05, 0.1) is 24.7 Å². The molecule has 0 aromatic carbocycles. The molecule has 6 heteroatoms. The summed E-state index contributed by atoms with van der Waals surface area (Å²) in [5.74, 6) is -0.573. The fourth-order valence-corrected chi connectivity index (χ4v) is 2.45. The molecule has 2 amide bonds. The van der Waals surface area contributed by atoms with Crippen molar-refractivity contribution in [1.29, 1.82) is 0 Å². The summed E-state index contributed by atoms with van der Waals surface area (Å²) in [6, 6.07) is 0.330. The third-order valence-electron chi connectivity index (χ3n) is 4.19. The first-order valence-electron chi connectivity index (χ1n) is 6.88. The Morgan fingerprint density at radius 1 is 1.42 bits per heavy atom. The molecule has 1 aliphatic carbocycles. The van der Waals surface area contributed by atoms with E-state index in [-0.39, 0.29) is 37.4 Å². The van der Waals surface area contributed by atoms with Crippen LogP contribution < -0.4 is 5.32 Å². The van der Waals surface area contributed by atoms with Gasteiger partial charge in [-0.25, -0.2) is 0 Å². The number of hydrogen-bond donors (Lipinski definition) is 3. The summed E-state index contributed by atoms with van der Waals surface area (Å²) < 4.78 is 0. The molecule has 1 saturated carbocycles. The van der Waals surface area contributed by atoms with Gasteiger partial charge in [-0.2, -0.15) is 0 Å². The van der Waals surface area contributed by atoms with Gasteiger partial charge >= 0.3 is 0 Å². The van der Waals surface area contributed by atoms with Crippen LogP contribution in [-0.4, -0.2) is 58.3 Å². The van der Waals surface area contributed by atoms with Crippen LogP contribution in [0.5, 0.6) is 0 Å². The summed E-state index contributed by atoms with van der Waals surface area (Å²) >= 11 is 0. The van der Waals surface area contributed by atoms with Crippen LogP contribution in [0.15, 0.2) is 0 Å². The van der Waals surface area contributed by atoms with E-state index in [1.807, 2.05) is 0 Å². The second-order valence-electron chi connectivity index (χ2n) is 5.62. The highest BCUT2D eigenvalue weighted by Crippen LogP contribution is 2.32. The fraction of sp³-hybridized carbons (Fsp3) is 0.846. The van der Waals surface area contributed by atoms with Crippen molar-refractivity contribution in [3.63, 3.8) is 0 Å². The Hall–Kier alpha value is -1.14. The highest BCUT2D eigenvalue weighted by atomic mass is 16.3. The number of carbonyl (C=O) groups excluding carboxylic acids is 2. The molecule has 0 aromatic heterocycles. The Bertz CT molecular complexity index is 355. The van der Waals surface area contributed by atoms with E-state index in [4.69, 9.17) is 0 Å². The molecule has 0 spiro atoms. The van der Waals surface area contributed by atoms with Crippen molar-refractivity contribution < 1.29 is 19.8 Å². The van der Waals surface area contributed by atoms with Crippen LogP contribution >= 0.6 is 0 Å². The quantitative estimate of drug-likeness (QED) is 0.592. The Labute approximate surface area is 112 Å². The van der Waals surface area contributed by atoms with Crippen molar-refractivity contribution in [1.82, 2.24) is 10.2 Å². The maximum Gasteiger partial charge on any atom is 0.226 e. The van der Waals surface area contributed by atoms with Crippen LogP contribution in [0, 0.1) is 5.92 Å². The topological polar surface area (TPSA) is 89.9 Å². The fourth-order valence-electron chi connectivity index (χ4n) is 2.45. The van der Waals surface area contributed by atoms with Gasteiger partial charge in [-0.05, 0) is 19.3 Å². The summed E-state index contributed by atoms with van der Waals surface area (Å²) in [5, 5.41) is 21.3. The predicted molar refractivity (Wildman–Crippen MR) is 68.2 cm³/mol. The van der Waals surface area contributed by atoms with E-state index >= 15 is 0 Å². The average Bonchev–Trinajstić information content (AvgIpc) is 3.19. The third kappa shape index (κ3) is 2.90. The van der Waals surface area contributed by atoms with Gasteiger partial charge in [-0.15, -0.1) is 0 Å². The highest BCUT2D eigenvalue weighted by molar-refractivity contribution is 5.89. The van der Waals surface area contributed by atoms with E-state index in [9.17, 15) is 19.8 Å². The van der Waals surface area contributed by atoms with Gasteiger partial charge in [0.1, 0.15) is 0 Å². The van der Waals surface area contributed by atoms with Crippen LogP contribution in [0.3, 0.4) is 0 Å². The minimum Gasteiger partial charge on any atom is -0.394 e. The van der Waals surface area contributed by atoms with Gasteiger partial charge in [-0.3, -0.25) is 9.59 Å². The van der Waals surface area contributed by atoms with E-state index < -0.39 is 5.54 Å². The molecule has 6 nitrogen and oxygen atoms in total. The molecule has 2 fully saturated rings. The number of aliphatic hydroxyl groups excluding tert-OH is 2. The second-order valence-corrected chi connectivity index (χ2v) is 5.62. The molecule has 2 aliphatic rings. The molecule has 1 heterocycles. The standard InChI is InChI=1S/C13H22N2O4/c1-2-13(7-16,8-17)14-12(19)9-5-11(18)15(6-9)10-3-4-10/h9-10,16-17H,2-8H2,1H3,(H,14,19). The molecule has 1 atom stereocenters. The van der Waals surface area contributed by atoms with Crippen LogP contribution in [0.1, 0.15) is 32.6 Å². The molecule has 0 radical (unpaired) electrons. The lowest BCUT2D eigenvalue weighted by Gasteiger charge is -2.30. The molecular weight excluding hydrogens is 248 g/mol. The van der Waals surface area contributed by atoms with Crippen molar-refractivity contribution in [2.45, 2.75) is 44.2 Å². The molecular formula is C13H22N2O4. The molecule has 3 N–H and O–H groups in total. The van der Waals surface area contributed by atoms with E-state index in [0.29, 0.717) is 19.0 Å². The SMILES string of the molecule is CCC(CO)(CO)NC(=O)C1CC(=O)N(C2CC2)C1. The largest absolute Gasteiger partial charge is 0.394 e. The Morgan fingerprint density at radius 3 is 2.53 bits per heavy atom. The normalized spacial score (nSPS) is 23.8. The van der Waals surface area contributed by atoms with Crippen LogP contribution in [0.4, 0.5) is 0 Å². The summed E-state index contributed by atoms with van der Waals surface area (Å²) in [6.45, 7) is 1.65. The van der Waals surface area contributed by atoms with E-state index in [1.165, 1.54) is 0 Å². The van der Waals surface area contributed by atoms with Gasteiger partial charge in [0.15, 0.2) is 0 Å². The van der Waals surface area contributed by atoms with E-state index in [0.717, 1.165) is 12.8 Å². The van der Waals surface area contributed by atoms with Crippen LogP contribution in [0.2, 0.25) is 0 Å². The van der Waals surface area contributed by atoms with Gasteiger partial charge in [0, 0.05) is 19.0 Å². The van der Waals surface area contributed by atoms with Crippen LogP contribution in [0.25, 0.3) is 0 Å². The zero-order chi connectivity index (χ0) is 14.0. The smallest absolute Gasteiger partial charge is 0.226 e. The minimum atomic E-state index is -0.979. The molecule has 0 aromatic rings. The van der Waals surface area contributed by atoms with Crippen LogP contribution in [-0.2, 0) is 9.59 Å². The lowest BCUT2D eigenvalue weighted by Crippen LogP contribution is -2.55. The van der Waals surface area contributed by atoms with Crippen molar-refractivity contribution in [3.8, 4) is 0 Å². The summed E-state index contributed by atoms with van der Waals surface area (Å²) in [4.78, 5) is 25.7. The number of likely N-dealkylation sites (tertiary alicyclic amines) is 1. The van der Waals surface area contributed by atoms with Crippen molar-refractivity contribution in [2.75, 3.05) is 19.8 Å². The molecule has 0 bridgehead atoms. The molecule has 108 valence electrons. The van der Waals surface area contributed by atoms with Gasteiger partial charge in [0.2, 0.25) is 11.8 Å². The zero-order valence-electron chi connectivity index (χ0n) is 11.3. The lowest BCUT2D eigenvalue weighted by molar-refractivity contribution is -0.130. The number of rotatable bonds is 6. The molecule has 1 unspecified atom stereocenters. The Kier molecular flexibility index (Phi) is 4.10. The lowest BCUT2D eigenvalue weighted by atomic mass is 9.96. The third-order valence-corrected chi connectivity index (χ3v) is 4.19. The first-order valence-corrected chi connectivity index (χ1v) is 6.88. The van der Waals surface area contributed by atoms with E-state index in [1.54, 1.807) is 11.8 Å². The molecule has 2 rings (SSSR count). The predicted octanol–water partition coefficient (Wildman–Crippen LogP) is -0.753. The van der Waals surface area contributed by atoms with Crippen molar-refractivity contribution >= 4 is 11.8 Å². The van der Waals surface area contributed by atoms with Crippen molar-refractivity contribution in [2.24, 2.45) is 5.92 Å². The molecule has 1 aliphatic heterocycles. The minimum absolute atomic E-state index is 0.0396. The molecule has 1 saturated heterocycles. The average molecular weight is 270 g/mol. The Balaban J connectivity index is 1.95. The first kappa shape index (κ1) is 14.3. The molecule has 19 heavy (non-hydrogen) atoms.